The van der Waals surface area contributed by atoms with E-state index in [0.29, 0.717) is 0 Å². The van der Waals surface area contributed by atoms with E-state index in [2.05, 4.69) is 22.0 Å². The molecular formula is C14H27N3. The summed E-state index contributed by atoms with van der Waals surface area (Å²) in [6.45, 7) is 10.1. The smallest absolute Gasteiger partial charge is 0.0227 e. The van der Waals surface area contributed by atoms with Crippen LogP contribution in [0, 0.1) is 5.92 Å². The van der Waals surface area contributed by atoms with Gasteiger partial charge in [-0.3, -0.25) is 0 Å². The molecule has 3 heteroatoms. The maximum Gasteiger partial charge on any atom is 0.0227 e. The quantitative estimate of drug-likeness (QED) is 0.794. The molecule has 4 rings (SSSR count). The van der Waals surface area contributed by atoms with Gasteiger partial charge in [-0.1, -0.05) is 6.92 Å². The van der Waals surface area contributed by atoms with E-state index in [9.17, 15) is 0 Å². The molecule has 2 atom stereocenters. The lowest BCUT2D eigenvalue weighted by Crippen LogP contribution is -2.60. The van der Waals surface area contributed by atoms with Crippen molar-refractivity contribution in [2.24, 2.45) is 5.92 Å². The number of fused-ring (bicyclic) bond motifs is 3. The first kappa shape index (κ1) is 11.9. The minimum atomic E-state index is 0.759. The largest absolute Gasteiger partial charge is 0.308 e. The normalized spacial score (nSPS) is 42.9. The molecule has 0 aromatic heterocycles. The molecule has 4 fully saturated rings. The van der Waals surface area contributed by atoms with Crippen LogP contribution in [0.4, 0.5) is 0 Å². The lowest BCUT2D eigenvalue weighted by Gasteiger charge is -2.47. The minimum Gasteiger partial charge on any atom is -0.308 e. The molecule has 0 radical (unpaired) electrons. The molecule has 1 N–H and O–H groups in total. The maximum atomic E-state index is 3.97. The molecule has 3 nitrogen and oxygen atoms in total. The van der Waals surface area contributed by atoms with Crippen molar-refractivity contribution in [3.8, 4) is 0 Å². The van der Waals surface area contributed by atoms with Crippen LogP contribution in [0.25, 0.3) is 0 Å². The number of likely N-dealkylation sites (N-methyl/N-ethyl adjacent to an activating group) is 1. The molecule has 0 aliphatic carbocycles. The van der Waals surface area contributed by atoms with Crippen LogP contribution >= 0.6 is 0 Å². The van der Waals surface area contributed by atoms with E-state index in [1.807, 2.05) is 0 Å². The Labute approximate surface area is 106 Å². The molecule has 4 heterocycles. The van der Waals surface area contributed by atoms with Gasteiger partial charge in [0.05, 0.1) is 0 Å². The van der Waals surface area contributed by atoms with Gasteiger partial charge in [-0.05, 0) is 57.8 Å². The van der Waals surface area contributed by atoms with Gasteiger partial charge in [0.25, 0.3) is 0 Å². The van der Waals surface area contributed by atoms with E-state index in [-0.39, 0.29) is 0 Å². The molecule has 2 bridgehead atoms. The second kappa shape index (κ2) is 5.25. The van der Waals surface area contributed by atoms with Gasteiger partial charge in [-0.25, -0.2) is 0 Å². The molecule has 0 aromatic carbocycles. The van der Waals surface area contributed by atoms with Gasteiger partial charge in [0.2, 0.25) is 0 Å². The summed E-state index contributed by atoms with van der Waals surface area (Å²) in [6.07, 6.45) is 5.64. The van der Waals surface area contributed by atoms with Crippen molar-refractivity contribution < 1.29 is 0 Å². The fourth-order valence-corrected chi connectivity index (χ4v) is 3.94. The highest BCUT2D eigenvalue weighted by Gasteiger charge is 2.35. The summed E-state index contributed by atoms with van der Waals surface area (Å²) in [4.78, 5) is 5.25. The van der Waals surface area contributed by atoms with Crippen LogP contribution in [0.1, 0.15) is 32.6 Å². The summed E-state index contributed by atoms with van der Waals surface area (Å²) in [7, 11) is 0. The molecule has 0 spiro atoms. The monoisotopic (exact) mass is 237 g/mol. The van der Waals surface area contributed by atoms with E-state index in [0.717, 1.165) is 18.0 Å². The van der Waals surface area contributed by atoms with Crippen molar-refractivity contribution in [1.82, 2.24) is 15.1 Å². The van der Waals surface area contributed by atoms with Crippen LogP contribution in [0.2, 0.25) is 0 Å². The first-order valence-corrected chi connectivity index (χ1v) is 7.56. The van der Waals surface area contributed by atoms with E-state index < -0.39 is 0 Å². The van der Waals surface area contributed by atoms with Crippen LogP contribution in [0.3, 0.4) is 0 Å². The topological polar surface area (TPSA) is 18.5 Å². The van der Waals surface area contributed by atoms with E-state index in [1.165, 1.54) is 65.0 Å². The van der Waals surface area contributed by atoms with Crippen LogP contribution in [-0.2, 0) is 0 Å². The van der Waals surface area contributed by atoms with Crippen molar-refractivity contribution in [3.05, 3.63) is 0 Å². The summed E-state index contributed by atoms with van der Waals surface area (Å²) < 4.78 is 0. The van der Waals surface area contributed by atoms with Crippen molar-refractivity contribution in [2.75, 3.05) is 39.3 Å². The Morgan fingerprint density at radius 2 is 1.88 bits per heavy atom. The fourth-order valence-electron chi connectivity index (χ4n) is 3.94. The van der Waals surface area contributed by atoms with Gasteiger partial charge >= 0.3 is 0 Å². The van der Waals surface area contributed by atoms with Gasteiger partial charge < -0.3 is 15.1 Å². The summed E-state index contributed by atoms with van der Waals surface area (Å²) in [5.41, 5.74) is 0. The van der Waals surface area contributed by atoms with Gasteiger partial charge in [0.1, 0.15) is 0 Å². The summed E-state index contributed by atoms with van der Waals surface area (Å²) in [5.74, 6) is 0.969. The second-order valence-corrected chi connectivity index (χ2v) is 6.14. The Morgan fingerprint density at radius 1 is 1.06 bits per heavy atom. The van der Waals surface area contributed by atoms with Gasteiger partial charge in [-0.15, -0.1) is 0 Å². The Hall–Kier alpha value is -0.120. The van der Waals surface area contributed by atoms with Crippen molar-refractivity contribution in [3.63, 3.8) is 0 Å². The van der Waals surface area contributed by atoms with E-state index in [1.54, 1.807) is 0 Å². The predicted octanol–water partition coefficient (Wildman–Crippen LogP) is 1.15. The average Bonchev–Trinajstić information content (AvgIpc) is 2.40. The number of rotatable bonds is 3. The summed E-state index contributed by atoms with van der Waals surface area (Å²) in [6, 6.07) is 1.55. The lowest BCUT2D eigenvalue weighted by molar-refractivity contribution is 0.0588. The van der Waals surface area contributed by atoms with Crippen molar-refractivity contribution in [1.29, 1.82) is 0 Å². The van der Waals surface area contributed by atoms with Gasteiger partial charge in [0, 0.05) is 25.2 Å². The molecule has 17 heavy (non-hydrogen) atoms. The average molecular weight is 237 g/mol. The zero-order valence-electron chi connectivity index (χ0n) is 11.2. The third-order valence-electron chi connectivity index (χ3n) is 5.06. The molecule has 2 unspecified atom stereocenters. The summed E-state index contributed by atoms with van der Waals surface area (Å²) >= 11 is 0. The number of likely N-dealkylation sites (tertiary alicyclic amines) is 1. The van der Waals surface area contributed by atoms with E-state index in [4.69, 9.17) is 0 Å². The number of nitrogens with zero attached hydrogens (tertiary/aromatic N) is 2. The second-order valence-electron chi connectivity index (χ2n) is 6.14. The zero-order chi connectivity index (χ0) is 11.7. The minimum absolute atomic E-state index is 0.759. The molecule has 4 aliphatic rings. The number of nitrogens with one attached hydrogen (secondary N) is 1. The Balaban J connectivity index is 1.52. The maximum absolute atomic E-state index is 3.97. The molecule has 0 amide bonds. The standard InChI is InChI=1S/C14H27N3/c1-2-16-7-3-4-13(10-16)15-14-11-17-8-5-12(14)6-9-17/h12-15H,2-11H2,1H3. The Morgan fingerprint density at radius 3 is 2.53 bits per heavy atom. The molecule has 4 aliphatic heterocycles. The highest BCUT2D eigenvalue weighted by molar-refractivity contribution is 4.93. The van der Waals surface area contributed by atoms with Crippen LogP contribution < -0.4 is 5.32 Å². The van der Waals surface area contributed by atoms with Gasteiger partial charge in [0.15, 0.2) is 0 Å². The fraction of sp³-hybridized carbons (Fsp3) is 1.00. The number of hydrogen-bond acceptors (Lipinski definition) is 3. The van der Waals surface area contributed by atoms with Crippen molar-refractivity contribution >= 4 is 0 Å². The highest BCUT2D eigenvalue weighted by Crippen LogP contribution is 2.28. The third-order valence-corrected chi connectivity index (χ3v) is 5.06. The van der Waals surface area contributed by atoms with Crippen LogP contribution in [0.5, 0.6) is 0 Å². The van der Waals surface area contributed by atoms with Crippen LogP contribution in [-0.4, -0.2) is 61.2 Å². The molecule has 0 aromatic rings. The number of hydrogen-bond donors (Lipinski definition) is 1. The number of piperidine rings is 4. The Bertz CT molecular complexity index is 248. The highest BCUT2D eigenvalue weighted by atomic mass is 15.2. The SMILES string of the molecule is CCN1CCCC(NC2CN3CCC2CC3)C1. The van der Waals surface area contributed by atoms with Crippen molar-refractivity contribution in [2.45, 2.75) is 44.7 Å². The molecule has 0 saturated carbocycles. The van der Waals surface area contributed by atoms with Gasteiger partial charge in [-0.2, -0.15) is 0 Å². The summed E-state index contributed by atoms with van der Waals surface area (Å²) in [5, 5.41) is 3.97. The van der Waals surface area contributed by atoms with Crippen LogP contribution in [0.15, 0.2) is 0 Å². The molecule has 4 saturated heterocycles. The lowest BCUT2D eigenvalue weighted by atomic mass is 9.83. The third kappa shape index (κ3) is 2.67. The molecule has 98 valence electrons. The van der Waals surface area contributed by atoms with E-state index >= 15 is 0 Å². The molecular weight excluding hydrogens is 210 g/mol. The zero-order valence-corrected chi connectivity index (χ0v) is 11.2. The Kier molecular flexibility index (Phi) is 3.69. The predicted molar refractivity (Wildman–Crippen MR) is 71.2 cm³/mol. The first-order valence-electron chi connectivity index (χ1n) is 7.56. The first-order chi connectivity index (χ1) is 8.35.